The number of benzene rings is 2. The number of hydrazone groups is 1. The summed E-state index contributed by atoms with van der Waals surface area (Å²) in [5, 5.41) is 5.25. The molecule has 0 saturated heterocycles. The number of aromatic amines is 1. The molecule has 0 saturated carbocycles. The first-order chi connectivity index (χ1) is 15.1. The van der Waals surface area contributed by atoms with Crippen LogP contribution < -0.4 is 19.6 Å². The highest BCUT2D eigenvalue weighted by molar-refractivity contribution is 5.99. The fourth-order valence-electron chi connectivity index (χ4n) is 4.04. The van der Waals surface area contributed by atoms with E-state index in [0.29, 0.717) is 35.0 Å². The van der Waals surface area contributed by atoms with Gasteiger partial charge in [0.05, 0.1) is 27.0 Å². The van der Waals surface area contributed by atoms with Gasteiger partial charge < -0.3 is 19.2 Å². The standard InChI is InChI=1S/C24H27N3O4/c1-4-31-23-21(29-2)11-15(12-22(23)30-3)14-25-27-24(28)16-9-10-20-18(13-16)17-7-5-6-8-19(17)26-20/h9-14,26H,4-8H2,1-3H3,(H,27,28)/b25-14-. The molecule has 1 heterocycles. The number of carbonyl (C=O) groups is 1. The van der Waals surface area contributed by atoms with Crippen molar-refractivity contribution < 1.29 is 19.0 Å². The van der Waals surface area contributed by atoms with Crippen molar-refractivity contribution in [1.82, 2.24) is 10.4 Å². The zero-order valence-corrected chi connectivity index (χ0v) is 18.1. The molecule has 0 radical (unpaired) electrons. The number of amides is 1. The van der Waals surface area contributed by atoms with E-state index in [1.54, 1.807) is 32.6 Å². The van der Waals surface area contributed by atoms with Crippen LogP contribution in [0, 0.1) is 0 Å². The van der Waals surface area contributed by atoms with Crippen LogP contribution in [0.2, 0.25) is 0 Å². The van der Waals surface area contributed by atoms with Gasteiger partial charge in [0, 0.05) is 27.7 Å². The van der Waals surface area contributed by atoms with Crippen molar-refractivity contribution in [1.29, 1.82) is 0 Å². The molecule has 3 aromatic rings. The van der Waals surface area contributed by atoms with E-state index in [-0.39, 0.29) is 5.91 Å². The first kappa shape index (κ1) is 20.8. The average Bonchev–Trinajstić information content (AvgIpc) is 3.17. The highest BCUT2D eigenvalue weighted by atomic mass is 16.5. The molecule has 0 aliphatic heterocycles. The van der Waals surface area contributed by atoms with Crippen LogP contribution in [0.3, 0.4) is 0 Å². The van der Waals surface area contributed by atoms with E-state index in [4.69, 9.17) is 14.2 Å². The lowest BCUT2D eigenvalue weighted by Crippen LogP contribution is -2.17. The van der Waals surface area contributed by atoms with Crippen LogP contribution in [0.15, 0.2) is 35.4 Å². The van der Waals surface area contributed by atoms with Gasteiger partial charge in [-0.05, 0) is 68.5 Å². The molecule has 2 aromatic carbocycles. The number of nitrogens with one attached hydrogen (secondary N) is 2. The van der Waals surface area contributed by atoms with E-state index in [1.807, 2.05) is 25.1 Å². The molecule has 0 spiro atoms. The molecular formula is C24H27N3O4. The number of nitrogens with zero attached hydrogens (tertiary/aromatic N) is 1. The highest BCUT2D eigenvalue weighted by Crippen LogP contribution is 2.38. The summed E-state index contributed by atoms with van der Waals surface area (Å²) in [7, 11) is 3.13. The summed E-state index contributed by atoms with van der Waals surface area (Å²) in [6.45, 7) is 2.38. The van der Waals surface area contributed by atoms with Crippen LogP contribution in [0.1, 0.15) is 46.9 Å². The summed E-state index contributed by atoms with van der Waals surface area (Å²) >= 11 is 0. The zero-order chi connectivity index (χ0) is 21.8. The summed E-state index contributed by atoms with van der Waals surface area (Å²) in [4.78, 5) is 16.1. The van der Waals surface area contributed by atoms with Gasteiger partial charge in [-0.25, -0.2) is 5.43 Å². The van der Waals surface area contributed by atoms with Gasteiger partial charge in [0.1, 0.15) is 0 Å². The van der Waals surface area contributed by atoms with Crippen molar-refractivity contribution in [2.24, 2.45) is 5.10 Å². The van der Waals surface area contributed by atoms with Crippen molar-refractivity contribution in [2.45, 2.75) is 32.6 Å². The Balaban J connectivity index is 1.52. The molecule has 31 heavy (non-hydrogen) atoms. The molecule has 1 aromatic heterocycles. The largest absolute Gasteiger partial charge is 0.493 e. The molecule has 162 valence electrons. The minimum Gasteiger partial charge on any atom is -0.493 e. The smallest absolute Gasteiger partial charge is 0.271 e. The lowest BCUT2D eigenvalue weighted by Gasteiger charge is -2.14. The Morgan fingerprint density at radius 1 is 1.13 bits per heavy atom. The predicted molar refractivity (Wildman–Crippen MR) is 121 cm³/mol. The number of fused-ring (bicyclic) bond motifs is 3. The Morgan fingerprint density at radius 3 is 2.58 bits per heavy atom. The summed E-state index contributed by atoms with van der Waals surface area (Å²) < 4.78 is 16.4. The molecule has 0 unspecified atom stereocenters. The predicted octanol–water partition coefficient (Wildman–Crippen LogP) is 4.23. The lowest BCUT2D eigenvalue weighted by atomic mass is 9.95. The monoisotopic (exact) mass is 421 g/mol. The Morgan fingerprint density at radius 2 is 1.87 bits per heavy atom. The number of hydrogen-bond donors (Lipinski definition) is 2. The number of aromatic nitrogens is 1. The number of H-pyrrole nitrogens is 1. The quantitative estimate of drug-likeness (QED) is 0.442. The number of rotatable bonds is 7. The first-order valence-corrected chi connectivity index (χ1v) is 10.5. The maximum Gasteiger partial charge on any atom is 0.271 e. The molecule has 1 aliphatic rings. The van der Waals surface area contributed by atoms with Crippen LogP contribution in [0.4, 0.5) is 0 Å². The molecule has 2 N–H and O–H groups in total. The molecule has 0 fully saturated rings. The van der Waals surface area contributed by atoms with Crippen molar-refractivity contribution in [3.8, 4) is 17.2 Å². The number of carbonyl (C=O) groups excluding carboxylic acids is 1. The van der Waals surface area contributed by atoms with Crippen LogP contribution >= 0.6 is 0 Å². The highest BCUT2D eigenvalue weighted by Gasteiger charge is 2.17. The van der Waals surface area contributed by atoms with Crippen molar-refractivity contribution >= 4 is 23.0 Å². The van der Waals surface area contributed by atoms with Gasteiger partial charge in [0.2, 0.25) is 5.75 Å². The third kappa shape index (κ3) is 4.21. The number of hydrogen-bond acceptors (Lipinski definition) is 5. The van der Waals surface area contributed by atoms with Gasteiger partial charge >= 0.3 is 0 Å². The average molecular weight is 421 g/mol. The Hall–Kier alpha value is -3.48. The zero-order valence-electron chi connectivity index (χ0n) is 18.1. The van der Waals surface area contributed by atoms with E-state index < -0.39 is 0 Å². The number of ether oxygens (including phenoxy) is 3. The van der Waals surface area contributed by atoms with Gasteiger partial charge in [-0.1, -0.05) is 0 Å². The Kier molecular flexibility index (Phi) is 6.11. The van der Waals surface area contributed by atoms with Crippen LogP contribution in [-0.4, -0.2) is 37.9 Å². The Labute approximate surface area is 181 Å². The third-order valence-corrected chi connectivity index (χ3v) is 5.51. The van der Waals surface area contributed by atoms with Gasteiger partial charge in [0.25, 0.3) is 5.91 Å². The maximum atomic E-state index is 12.6. The Bertz CT molecular complexity index is 1110. The second kappa shape index (κ2) is 9.12. The summed E-state index contributed by atoms with van der Waals surface area (Å²) in [6, 6.07) is 9.29. The minimum atomic E-state index is -0.256. The maximum absolute atomic E-state index is 12.6. The van der Waals surface area contributed by atoms with E-state index in [9.17, 15) is 4.79 Å². The fraction of sp³-hybridized carbons (Fsp3) is 0.333. The summed E-state index contributed by atoms with van der Waals surface area (Å²) in [6.07, 6.45) is 6.08. The summed E-state index contributed by atoms with van der Waals surface area (Å²) in [5.41, 5.74) is 7.63. The van der Waals surface area contributed by atoms with Crippen molar-refractivity contribution in [3.05, 3.63) is 52.7 Å². The van der Waals surface area contributed by atoms with E-state index in [2.05, 4.69) is 15.5 Å². The minimum absolute atomic E-state index is 0.256. The van der Waals surface area contributed by atoms with Crippen LogP contribution in [-0.2, 0) is 12.8 Å². The lowest BCUT2D eigenvalue weighted by molar-refractivity contribution is 0.0955. The van der Waals surface area contributed by atoms with Crippen LogP contribution in [0.25, 0.3) is 10.9 Å². The topological polar surface area (TPSA) is 84.9 Å². The van der Waals surface area contributed by atoms with Gasteiger partial charge in [-0.2, -0.15) is 5.10 Å². The molecule has 0 bridgehead atoms. The fourth-order valence-corrected chi connectivity index (χ4v) is 4.04. The number of methoxy groups -OCH3 is 2. The van der Waals surface area contributed by atoms with E-state index >= 15 is 0 Å². The second-order valence-corrected chi connectivity index (χ2v) is 7.44. The van der Waals surface area contributed by atoms with Crippen molar-refractivity contribution in [3.63, 3.8) is 0 Å². The number of aryl methyl sites for hydroxylation is 2. The van der Waals surface area contributed by atoms with Crippen LogP contribution in [0.5, 0.6) is 17.2 Å². The van der Waals surface area contributed by atoms with E-state index in [1.165, 1.54) is 24.1 Å². The van der Waals surface area contributed by atoms with Gasteiger partial charge in [-0.15, -0.1) is 0 Å². The summed E-state index contributed by atoms with van der Waals surface area (Å²) in [5.74, 6) is 1.36. The van der Waals surface area contributed by atoms with Crippen molar-refractivity contribution in [2.75, 3.05) is 20.8 Å². The molecule has 7 nitrogen and oxygen atoms in total. The molecule has 4 rings (SSSR count). The molecule has 1 amide bonds. The molecule has 0 atom stereocenters. The van der Waals surface area contributed by atoms with E-state index in [0.717, 1.165) is 23.7 Å². The molecule has 7 heteroatoms. The normalized spacial score (nSPS) is 13.3. The molecule has 1 aliphatic carbocycles. The molecular weight excluding hydrogens is 394 g/mol. The first-order valence-electron chi connectivity index (χ1n) is 10.5. The third-order valence-electron chi connectivity index (χ3n) is 5.51. The van der Waals surface area contributed by atoms with Gasteiger partial charge in [0.15, 0.2) is 11.5 Å². The second-order valence-electron chi connectivity index (χ2n) is 7.44. The van der Waals surface area contributed by atoms with Gasteiger partial charge in [-0.3, -0.25) is 4.79 Å². The SMILES string of the molecule is CCOc1c(OC)cc(/C=N\NC(=O)c2ccc3[nH]c4c(c3c2)CCCC4)cc1OC.